The Morgan fingerprint density at radius 1 is 1.28 bits per heavy atom. The number of benzene rings is 1. The molecule has 0 aliphatic rings. The molecular formula is C14H13BrFNO. The molecule has 0 aliphatic carbocycles. The number of aliphatic hydroxyl groups is 1. The van der Waals surface area contributed by atoms with Gasteiger partial charge in [0, 0.05) is 23.3 Å². The number of pyridine rings is 1. The average Bonchev–Trinajstić information content (AvgIpc) is 2.27. The maximum atomic E-state index is 13.3. The Morgan fingerprint density at radius 3 is 2.72 bits per heavy atom. The summed E-state index contributed by atoms with van der Waals surface area (Å²) < 4.78 is 14.1. The Hall–Kier alpha value is -1.26. The molecule has 18 heavy (non-hydrogen) atoms. The van der Waals surface area contributed by atoms with E-state index in [0.29, 0.717) is 12.0 Å². The van der Waals surface area contributed by atoms with Gasteiger partial charge in [-0.2, -0.15) is 0 Å². The first-order chi connectivity index (χ1) is 8.54. The summed E-state index contributed by atoms with van der Waals surface area (Å²) in [6, 6.07) is 6.49. The van der Waals surface area contributed by atoms with Crippen LogP contribution in [-0.2, 0) is 6.42 Å². The smallest absolute Gasteiger partial charge is 0.123 e. The van der Waals surface area contributed by atoms with Crippen LogP contribution < -0.4 is 0 Å². The van der Waals surface area contributed by atoms with Crippen LogP contribution in [0.5, 0.6) is 0 Å². The van der Waals surface area contributed by atoms with Gasteiger partial charge in [-0.05, 0) is 57.7 Å². The number of nitrogens with zero attached hydrogens (tertiary/aromatic N) is 1. The Bertz CT molecular complexity index is 539. The van der Waals surface area contributed by atoms with Crippen molar-refractivity contribution in [3.05, 3.63) is 63.6 Å². The zero-order valence-electron chi connectivity index (χ0n) is 9.90. The van der Waals surface area contributed by atoms with Crippen LogP contribution in [0.15, 0.2) is 41.1 Å². The molecule has 0 amide bonds. The van der Waals surface area contributed by atoms with Gasteiger partial charge in [-0.15, -0.1) is 0 Å². The Kier molecular flexibility index (Phi) is 4.09. The molecule has 0 fully saturated rings. The van der Waals surface area contributed by atoms with Crippen LogP contribution in [0.3, 0.4) is 0 Å². The molecule has 2 aromatic rings. The molecule has 1 aromatic carbocycles. The minimum absolute atomic E-state index is 0.323. The summed E-state index contributed by atoms with van der Waals surface area (Å²) in [7, 11) is 0. The summed E-state index contributed by atoms with van der Waals surface area (Å²) in [4.78, 5) is 4.03. The highest BCUT2D eigenvalue weighted by atomic mass is 79.9. The number of hydrogen-bond acceptors (Lipinski definition) is 2. The molecule has 0 saturated heterocycles. The molecule has 0 radical (unpaired) electrons. The molecule has 1 N–H and O–H groups in total. The fraction of sp³-hybridized carbons (Fsp3) is 0.214. The Morgan fingerprint density at radius 2 is 2.06 bits per heavy atom. The minimum Gasteiger partial charge on any atom is -0.388 e. The predicted molar refractivity (Wildman–Crippen MR) is 71.7 cm³/mol. The average molecular weight is 310 g/mol. The molecule has 2 nitrogen and oxygen atoms in total. The van der Waals surface area contributed by atoms with Gasteiger partial charge in [-0.25, -0.2) is 4.39 Å². The van der Waals surface area contributed by atoms with Crippen LogP contribution in [0.4, 0.5) is 4.39 Å². The van der Waals surface area contributed by atoms with E-state index < -0.39 is 6.10 Å². The summed E-state index contributed by atoms with van der Waals surface area (Å²) in [6.45, 7) is 1.81. The molecule has 2 rings (SSSR count). The van der Waals surface area contributed by atoms with E-state index in [0.717, 1.165) is 15.6 Å². The number of halogens is 2. The molecule has 0 saturated carbocycles. The van der Waals surface area contributed by atoms with E-state index in [1.54, 1.807) is 25.4 Å². The van der Waals surface area contributed by atoms with Crippen LogP contribution in [0.25, 0.3) is 0 Å². The van der Waals surface area contributed by atoms with Gasteiger partial charge in [0.1, 0.15) is 5.82 Å². The second-order valence-corrected chi connectivity index (χ2v) is 5.21. The van der Waals surface area contributed by atoms with Crippen molar-refractivity contribution in [2.75, 3.05) is 0 Å². The SMILES string of the molecule is Cc1cc(F)cc(C(O)Cc2cncc(Br)c2)c1. The highest BCUT2D eigenvalue weighted by Crippen LogP contribution is 2.21. The summed E-state index contributed by atoms with van der Waals surface area (Å²) in [5.74, 6) is -0.323. The number of aryl methyl sites for hydroxylation is 1. The first-order valence-electron chi connectivity index (χ1n) is 5.59. The van der Waals surface area contributed by atoms with E-state index in [4.69, 9.17) is 0 Å². The van der Waals surface area contributed by atoms with Crippen molar-refractivity contribution in [1.29, 1.82) is 0 Å². The lowest BCUT2D eigenvalue weighted by Crippen LogP contribution is -2.03. The highest BCUT2D eigenvalue weighted by molar-refractivity contribution is 9.10. The van der Waals surface area contributed by atoms with Gasteiger partial charge in [0.15, 0.2) is 0 Å². The largest absolute Gasteiger partial charge is 0.388 e. The van der Waals surface area contributed by atoms with E-state index >= 15 is 0 Å². The van der Waals surface area contributed by atoms with E-state index in [1.807, 2.05) is 6.07 Å². The lowest BCUT2D eigenvalue weighted by Gasteiger charge is -2.12. The van der Waals surface area contributed by atoms with Crippen LogP contribution in [0.2, 0.25) is 0 Å². The molecule has 4 heteroatoms. The summed E-state index contributed by atoms with van der Waals surface area (Å²) in [5, 5.41) is 10.1. The zero-order chi connectivity index (χ0) is 13.1. The van der Waals surface area contributed by atoms with Gasteiger partial charge in [-0.3, -0.25) is 4.98 Å². The molecule has 0 bridgehead atoms. The molecule has 1 aromatic heterocycles. The number of rotatable bonds is 3. The van der Waals surface area contributed by atoms with Crippen LogP contribution in [0.1, 0.15) is 22.8 Å². The fourth-order valence-electron chi connectivity index (χ4n) is 1.87. The molecule has 1 atom stereocenters. The van der Waals surface area contributed by atoms with E-state index in [9.17, 15) is 9.50 Å². The first-order valence-corrected chi connectivity index (χ1v) is 6.38. The molecule has 0 aliphatic heterocycles. The van der Waals surface area contributed by atoms with Crippen LogP contribution in [-0.4, -0.2) is 10.1 Å². The van der Waals surface area contributed by atoms with Gasteiger partial charge in [0.05, 0.1) is 6.10 Å². The zero-order valence-corrected chi connectivity index (χ0v) is 11.5. The van der Waals surface area contributed by atoms with Gasteiger partial charge in [0.2, 0.25) is 0 Å². The predicted octanol–water partition coefficient (Wildman–Crippen LogP) is 3.57. The highest BCUT2D eigenvalue weighted by Gasteiger charge is 2.10. The monoisotopic (exact) mass is 309 g/mol. The number of hydrogen-bond donors (Lipinski definition) is 1. The topological polar surface area (TPSA) is 33.1 Å². The van der Waals surface area contributed by atoms with E-state index in [1.165, 1.54) is 12.1 Å². The number of aromatic nitrogens is 1. The quantitative estimate of drug-likeness (QED) is 0.940. The van der Waals surface area contributed by atoms with Gasteiger partial charge < -0.3 is 5.11 Å². The Labute approximate surface area is 114 Å². The third-order valence-electron chi connectivity index (χ3n) is 2.64. The van der Waals surface area contributed by atoms with Gasteiger partial charge in [-0.1, -0.05) is 6.07 Å². The molecular weight excluding hydrogens is 297 g/mol. The summed E-state index contributed by atoms with van der Waals surface area (Å²) in [6.07, 6.45) is 3.06. The van der Waals surface area contributed by atoms with E-state index in [2.05, 4.69) is 20.9 Å². The third-order valence-corrected chi connectivity index (χ3v) is 3.07. The molecule has 0 spiro atoms. The van der Waals surface area contributed by atoms with Gasteiger partial charge >= 0.3 is 0 Å². The molecule has 1 unspecified atom stereocenters. The standard InChI is InChI=1S/C14H13BrFNO/c1-9-2-11(6-13(16)3-9)14(18)5-10-4-12(15)8-17-7-10/h2-4,6-8,14,18H,5H2,1H3. The Balaban J connectivity index is 2.19. The summed E-state index contributed by atoms with van der Waals surface area (Å²) in [5.41, 5.74) is 2.29. The van der Waals surface area contributed by atoms with Crippen molar-refractivity contribution < 1.29 is 9.50 Å². The maximum absolute atomic E-state index is 13.3. The van der Waals surface area contributed by atoms with Gasteiger partial charge in [0.25, 0.3) is 0 Å². The van der Waals surface area contributed by atoms with Crippen molar-refractivity contribution in [3.8, 4) is 0 Å². The second-order valence-electron chi connectivity index (χ2n) is 4.29. The van der Waals surface area contributed by atoms with Crippen LogP contribution >= 0.6 is 15.9 Å². The lowest BCUT2D eigenvalue weighted by atomic mass is 10.0. The molecule has 94 valence electrons. The normalized spacial score (nSPS) is 12.4. The fourth-order valence-corrected chi connectivity index (χ4v) is 2.28. The van der Waals surface area contributed by atoms with Crippen molar-refractivity contribution in [3.63, 3.8) is 0 Å². The van der Waals surface area contributed by atoms with Crippen molar-refractivity contribution in [2.24, 2.45) is 0 Å². The maximum Gasteiger partial charge on any atom is 0.123 e. The van der Waals surface area contributed by atoms with Crippen molar-refractivity contribution >= 4 is 15.9 Å². The lowest BCUT2D eigenvalue weighted by molar-refractivity contribution is 0.178. The number of aliphatic hydroxyl groups excluding tert-OH is 1. The summed E-state index contributed by atoms with van der Waals surface area (Å²) >= 11 is 3.33. The minimum atomic E-state index is -0.726. The first kappa shape index (κ1) is 13.2. The van der Waals surface area contributed by atoms with Crippen molar-refractivity contribution in [1.82, 2.24) is 4.98 Å². The third kappa shape index (κ3) is 3.37. The van der Waals surface area contributed by atoms with Crippen LogP contribution in [0, 0.1) is 12.7 Å². The van der Waals surface area contributed by atoms with Crippen molar-refractivity contribution in [2.45, 2.75) is 19.4 Å². The van der Waals surface area contributed by atoms with E-state index in [-0.39, 0.29) is 5.82 Å². The second kappa shape index (κ2) is 5.59. The molecule has 1 heterocycles.